The third-order valence-corrected chi connectivity index (χ3v) is 5.16. The highest BCUT2D eigenvalue weighted by atomic mass is 16.7. The number of carbonyl (C=O) groups excluding carboxylic acids is 1. The number of para-hydroxylation sites is 2. The van der Waals surface area contributed by atoms with Crippen molar-refractivity contribution in [3.05, 3.63) is 83.4 Å². The van der Waals surface area contributed by atoms with E-state index < -0.39 is 0 Å². The van der Waals surface area contributed by atoms with E-state index >= 15 is 0 Å². The SMILES string of the molecule is CN(Cc1ccc2c(c1)OCO2)C(=O)C1c2ccccc2Oc2ccccc21. The predicted molar refractivity (Wildman–Crippen MR) is 104 cm³/mol. The van der Waals surface area contributed by atoms with E-state index in [9.17, 15) is 4.79 Å². The zero-order chi connectivity index (χ0) is 19.1. The Morgan fingerprint density at radius 1 is 0.893 bits per heavy atom. The zero-order valence-corrected chi connectivity index (χ0v) is 15.4. The van der Waals surface area contributed by atoms with Crippen LogP contribution in [0.4, 0.5) is 0 Å². The van der Waals surface area contributed by atoms with Crippen LogP contribution in [0.2, 0.25) is 0 Å². The minimum atomic E-state index is -0.389. The third-order valence-electron chi connectivity index (χ3n) is 5.16. The largest absolute Gasteiger partial charge is 0.457 e. The summed E-state index contributed by atoms with van der Waals surface area (Å²) in [5, 5.41) is 0. The molecule has 0 atom stereocenters. The molecule has 2 aliphatic rings. The first kappa shape index (κ1) is 16.7. The number of likely N-dealkylation sites (N-methyl/N-ethyl adjacent to an activating group) is 1. The second kappa shape index (κ2) is 6.60. The second-order valence-corrected chi connectivity index (χ2v) is 6.99. The summed E-state index contributed by atoms with van der Waals surface area (Å²) in [5.41, 5.74) is 2.78. The number of hydrogen-bond acceptors (Lipinski definition) is 4. The van der Waals surface area contributed by atoms with Gasteiger partial charge in [0.2, 0.25) is 12.7 Å². The molecule has 0 saturated carbocycles. The quantitative estimate of drug-likeness (QED) is 0.686. The van der Waals surface area contributed by atoms with Crippen LogP contribution in [0.3, 0.4) is 0 Å². The summed E-state index contributed by atoms with van der Waals surface area (Å²) in [4.78, 5) is 15.2. The van der Waals surface area contributed by atoms with Gasteiger partial charge in [0.05, 0.1) is 5.92 Å². The van der Waals surface area contributed by atoms with Crippen LogP contribution in [0.5, 0.6) is 23.0 Å². The van der Waals surface area contributed by atoms with Crippen LogP contribution in [-0.4, -0.2) is 24.6 Å². The van der Waals surface area contributed by atoms with Crippen molar-refractivity contribution >= 4 is 5.91 Å². The highest BCUT2D eigenvalue weighted by Crippen LogP contribution is 2.44. The number of fused-ring (bicyclic) bond motifs is 3. The van der Waals surface area contributed by atoms with Gasteiger partial charge >= 0.3 is 0 Å². The Morgan fingerprint density at radius 2 is 1.54 bits per heavy atom. The lowest BCUT2D eigenvalue weighted by Crippen LogP contribution is -2.33. The number of benzene rings is 3. The van der Waals surface area contributed by atoms with E-state index in [0.717, 1.165) is 39.7 Å². The molecule has 0 radical (unpaired) electrons. The lowest BCUT2D eigenvalue weighted by molar-refractivity contribution is -0.131. The van der Waals surface area contributed by atoms with Crippen molar-refractivity contribution in [3.8, 4) is 23.0 Å². The Hall–Kier alpha value is -3.47. The lowest BCUT2D eigenvalue weighted by Gasteiger charge is -2.30. The van der Waals surface area contributed by atoms with Gasteiger partial charge in [-0.1, -0.05) is 42.5 Å². The van der Waals surface area contributed by atoms with Crippen LogP contribution in [0.1, 0.15) is 22.6 Å². The number of carbonyl (C=O) groups is 1. The normalized spacial score (nSPS) is 14.0. The van der Waals surface area contributed by atoms with Crippen LogP contribution in [0.15, 0.2) is 66.7 Å². The first-order chi connectivity index (χ1) is 13.7. The van der Waals surface area contributed by atoms with Crippen LogP contribution < -0.4 is 14.2 Å². The molecule has 5 nitrogen and oxygen atoms in total. The van der Waals surface area contributed by atoms with Crippen molar-refractivity contribution in [2.75, 3.05) is 13.8 Å². The Kier molecular flexibility index (Phi) is 3.93. The number of rotatable bonds is 3. The molecule has 5 heteroatoms. The van der Waals surface area contributed by atoms with E-state index in [2.05, 4.69) is 0 Å². The van der Waals surface area contributed by atoms with Crippen molar-refractivity contribution in [2.24, 2.45) is 0 Å². The van der Waals surface area contributed by atoms with Gasteiger partial charge < -0.3 is 19.1 Å². The summed E-state index contributed by atoms with van der Waals surface area (Å²) >= 11 is 0. The third kappa shape index (κ3) is 2.76. The van der Waals surface area contributed by atoms with Gasteiger partial charge in [-0.15, -0.1) is 0 Å². The Morgan fingerprint density at radius 3 is 2.25 bits per heavy atom. The van der Waals surface area contributed by atoms with E-state index in [4.69, 9.17) is 14.2 Å². The molecule has 0 bridgehead atoms. The van der Waals surface area contributed by atoms with E-state index in [1.807, 2.05) is 73.8 Å². The maximum absolute atomic E-state index is 13.5. The molecule has 0 aromatic heterocycles. The summed E-state index contributed by atoms with van der Waals surface area (Å²) in [7, 11) is 1.83. The minimum absolute atomic E-state index is 0.0286. The molecular weight excluding hydrogens is 354 g/mol. The van der Waals surface area contributed by atoms with Crippen molar-refractivity contribution in [3.63, 3.8) is 0 Å². The molecule has 0 aliphatic carbocycles. The number of hydrogen-bond donors (Lipinski definition) is 0. The molecule has 0 unspecified atom stereocenters. The van der Waals surface area contributed by atoms with Gasteiger partial charge in [0.25, 0.3) is 0 Å². The summed E-state index contributed by atoms with van der Waals surface area (Å²) in [6.07, 6.45) is 0. The van der Waals surface area contributed by atoms with Crippen molar-refractivity contribution < 1.29 is 19.0 Å². The molecule has 3 aromatic carbocycles. The van der Waals surface area contributed by atoms with Gasteiger partial charge in [0.1, 0.15) is 11.5 Å². The topological polar surface area (TPSA) is 48.0 Å². The molecule has 3 aromatic rings. The van der Waals surface area contributed by atoms with Crippen LogP contribution in [0, 0.1) is 0 Å². The molecule has 0 fully saturated rings. The summed E-state index contributed by atoms with van der Waals surface area (Å²) < 4.78 is 16.8. The molecule has 140 valence electrons. The van der Waals surface area contributed by atoms with E-state index in [0.29, 0.717) is 6.54 Å². The Labute approximate surface area is 163 Å². The highest BCUT2D eigenvalue weighted by Gasteiger charge is 2.34. The second-order valence-electron chi connectivity index (χ2n) is 6.99. The molecule has 0 saturated heterocycles. The summed E-state index contributed by atoms with van der Waals surface area (Å²) in [6.45, 7) is 0.723. The maximum atomic E-state index is 13.5. The van der Waals surface area contributed by atoms with E-state index in [-0.39, 0.29) is 18.6 Å². The van der Waals surface area contributed by atoms with Gasteiger partial charge in [-0.2, -0.15) is 0 Å². The van der Waals surface area contributed by atoms with E-state index in [1.54, 1.807) is 4.90 Å². The Bertz CT molecular complexity index is 1020. The fourth-order valence-electron chi connectivity index (χ4n) is 3.79. The van der Waals surface area contributed by atoms with Crippen LogP contribution in [-0.2, 0) is 11.3 Å². The first-order valence-corrected chi connectivity index (χ1v) is 9.20. The summed E-state index contributed by atoms with van der Waals surface area (Å²) in [5.74, 6) is 2.57. The van der Waals surface area contributed by atoms with Gasteiger partial charge in [-0.05, 0) is 29.8 Å². The smallest absolute Gasteiger partial charge is 0.234 e. The molecular formula is C23H19NO4. The van der Waals surface area contributed by atoms with Crippen LogP contribution in [0.25, 0.3) is 0 Å². The average molecular weight is 373 g/mol. The Balaban J connectivity index is 1.46. The van der Waals surface area contributed by atoms with Gasteiger partial charge in [-0.25, -0.2) is 0 Å². The van der Waals surface area contributed by atoms with Crippen molar-refractivity contribution in [1.29, 1.82) is 0 Å². The number of nitrogens with zero attached hydrogens (tertiary/aromatic N) is 1. The van der Waals surface area contributed by atoms with Crippen LogP contribution >= 0.6 is 0 Å². The standard InChI is InChI=1S/C23H19NO4/c1-24(13-15-10-11-20-21(12-15)27-14-26-20)23(25)22-16-6-2-4-8-18(16)28-19-9-5-3-7-17(19)22/h2-12,22H,13-14H2,1H3. The number of ether oxygens (including phenoxy) is 3. The lowest BCUT2D eigenvalue weighted by atomic mass is 9.87. The molecule has 0 N–H and O–H groups in total. The van der Waals surface area contributed by atoms with Crippen molar-refractivity contribution in [1.82, 2.24) is 4.90 Å². The van der Waals surface area contributed by atoms with Gasteiger partial charge in [0, 0.05) is 24.7 Å². The fourth-order valence-corrected chi connectivity index (χ4v) is 3.79. The molecule has 2 heterocycles. The number of amides is 1. The van der Waals surface area contributed by atoms with Gasteiger partial charge in [0.15, 0.2) is 11.5 Å². The summed E-state index contributed by atoms with van der Waals surface area (Å²) in [6, 6.07) is 21.2. The first-order valence-electron chi connectivity index (χ1n) is 9.20. The zero-order valence-electron chi connectivity index (χ0n) is 15.4. The van der Waals surface area contributed by atoms with Crippen molar-refractivity contribution in [2.45, 2.75) is 12.5 Å². The van der Waals surface area contributed by atoms with Gasteiger partial charge in [-0.3, -0.25) is 4.79 Å². The maximum Gasteiger partial charge on any atom is 0.234 e. The van der Waals surface area contributed by atoms with E-state index in [1.165, 1.54) is 0 Å². The molecule has 0 spiro atoms. The fraction of sp³-hybridized carbons (Fsp3) is 0.174. The molecule has 28 heavy (non-hydrogen) atoms. The monoisotopic (exact) mass is 373 g/mol. The molecule has 2 aliphatic heterocycles. The highest BCUT2D eigenvalue weighted by molar-refractivity contribution is 5.89. The molecule has 1 amide bonds. The molecule has 5 rings (SSSR count). The predicted octanol–water partition coefficient (Wildman–Crippen LogP) is 4.31. The minimum Gasteiger partial charge on any atom is -0.457 e. The average Bonchev–Trinajstić information content (AvgIpc) is 3.19.